The molecule has 11 nitrogen and oxygen atoms in total. The molecule has 6 rings (SSSR count). The van der Waals surface area contributed by atoms with E-state index in [0.717, 1.165) is 35.0 Å². The van der Waals surface area contributed by atoms with Crippen LogP contribution in [0.25, 0.3) is 33.4 Å². The predicted molar refractivity (Wildman–Crippen MR) is 140 cm³/mol. The third kappa shape index (κ3) is 3.83. The second-order valence-corrected chi connectivity index (χ2v) is 9.54. The first kappa shape index (κ1) is 22.9. The minimum atomic E-state index is -0.225. The van der Waals surface area contributed by atoms with Gasteiger partial charge in [0.15, 0.2) is 5.82 Å². The molecule has 188 valence electrons. The van der Waals surface area contributed by atoms with Gasteiger partial charge in [-0.15, -0.1) is 0 Å². The maximum Gasteiger partial charge on any atom is 0.265 e. The van der Waals surface area contributed by atoms with Crippen molar-refractivity contribution in [1.29, 1.82) is 0 Å². The molecule has 4 heterocycles. The third-order valence-electron chi connectivity index (χ3n) is 6.98. The van der Waals surface area contributed by atoms with Crippen LogP contribution in [0.4, 0.5) is 11.6 Å². The topological polar surface area (TPSA) is 134 Å². The van der Waals surface area contributed by atoms with Crippen LogP contribution in [0.1, 0.15) is 43.4 Å². The van der Waals surface area contributed by atoms with Crippen molar-refractivity contribution < 1.29 is 4.52 Å². The minimum Gasteiger partial charge on any atom is -0.383 e. The Bertz CT molecular complexity index is 1700. The molecule has 1 fully saturated rings. The van der Waals surface area contributed by atoms with E-state index in [9.17, 15) is 4.79 Å². The first-order valence-corrected chi connectivity index (χ1v) is 12.1. The number of nitrogens with two attached hydrogens (primary N) is 1. The fraction of sp³-hybridized carbons (Fsp3) is 0.308. The average molecular weight is 498 g/mol. The van der Waals surface area contributed by atoms with Gasteiger partial charge in [0, 0.05) is 37.6 Å². The molecule has 11 heteroatoms. The summed E-state index contributed by atoms with van der Waals surface area (Å²) in [4.78, 5) is 29.0. The fourth-order valence-corrected chi connectivity index (χ4v) is 4.87. The fourth-order valence-electron chi connectivity index (χ4n) is 4.87. The third-order valence-corrected chi connectivity index (χ3v) is 6.98. The molecule has 0 saturated heterocycles. The van der Waals surface area contributed by atoms with Gasteiger partial charge in [-0.1, -0.05) is 23.4 Å². The molecule has 1 atom stereocenters. The number of hydrogen-bond donors (Lipinski definition) is 1. The van der Waals surface area contributed by atoms with Crippen molar-refractivity contribution >= 4 is 22.4 Å². The number of pyridine rings is 1. The van der Waals surface area contributed by atoms with Gasteiger partial charge in [0.25, 0.3) is 11.4 Å². The molecule has 0 aliphatic heterocycles. The van der Waals surface area contributed by atoms with Crippen molar-refractivity contribution in [3.63, 3.8) is 0 Å². The maximum absolute atomic E-state index is 14.1. The summed E-state index contributed by atoms with van der Waals surface area (Å²) in [5.41, 5.74) is 9.41. The van der Waals surface area contributed by atoms with Crippen LogP contribution in [-0.4, -0.2) is 41.5 Å². The smallest absolute Gasteiger partial charge is 0.265 e. The Morgan fingerprint density at radius 1 is 1.24 bits per heavy atom. The van der Waals surface area contributed by atoms with Gasteiger partial charge in [0.1, 0.15) is 23.5 Å². The summed E-state index contributed by atoms with van der Waals surface area (Å²) in [6.45, 7) is 3.79. The van der Waals surface area contributed by atoms with Crippen molar-refractivity contribution in [3.8, 4) is 22.6 Å². The number of hydrogen-bond acceptors (Lipinski definition) is 9. The first-order valence-electron chi connectivity index (χ1n) is 12.1. The van der Waals surface area contributed by atoms with E-state index in [1.165, 1.54) is 6.33 Å². The van der Waals surface area contributed by atoms with E-state index in [4.69, 9.17) is 10.3 Å². The Kier molecular flexibility index (Phi) is 5.28. The summed E-state index contributed by atoms with van der Waals surface area (Å²) >= 11 is 0. The highest BCUT2D eigenvalue weighted by atomic mass is 16.5. The molecule has 1 aliphatic carbocycles. The first-order chi connectivity index (χ1) is 17.8. The van der Waals surface area contributed by atoms with Crippen molar-refractivity contribution in [2.75, 3.05) is 17.7 Å². The van der Waals surface area contributed by atoms with Crippen molar-refractivity contribution in [1.82, 2.24) is 34.5 Å². The highest BCUT2D eigenvalue weighted by molar-refractivity contribution is 5.96. The molecule has 0 radical (unpaired) electrons. The number of rotatable bonds is 6. The van der Waals surface area contributed by atoms with Crippen molar-refractivity contribution in [3.05, 3.63) is 64.9 Å². The van der Waals surface area contributed by atoms with Crippen LogP contribution in [0.5, 0.6) is 0 Å². The standard InChI is InChI=1S/C26H27N9O2/c1-14(34(4)24-22(23(27)28-13-29-24)25-31-15(2)32-37-25)20-10-16-6-5-7-19(17-11-30-33(3)12-17)21(16)26(36)35(20)18-8-9-18/h5-7,10-14,18H,8-9H2,1-4H3,(H2,27,28,29)/t14-/m0/s1. The highest BCUT2D eigenvalue weighted by Gasteiger charge is 2.32. The summed E-state index contributed by atoms with van der Waals surface area (Å²) in [5.74, 6) is 1.53. The van der Waals surface area contributed by atoms with Gasteiger partial charge in [0.2, 0.25) is 0 Å². The number of benzene rings is 1. The van der Waals surface area contributed by atoms with Crippen LogP contribution in [0.15, 0.2) is 52.3 Å². The monoisotopic (exact) mass is 497 g/mol. The van der Waals surface area contributed by atoms with Crippen LogP contribution in [0.2, 0.25) is 0 Å². The molecule has 0 unspecified atom stereocenters. The van der Waals surface area contributed by atoms with Crippen LogP contribution < -0.4 is 16.2 Å². The Hall–Kier alpha value is -4.54. The Morgan fingerprint density at radius 2 is 2.05 bits per heavy atom. The molecule has 1 aromatic carbocycles. The largest absolute Gasteiger partial charge is 0.383 e. The quantitative estimate of drug-likeness (QED) is 0.373. The molecule has 1 saturated carbocycles. The Labute approximate surface area is 212 Å². The summed E-state index contributed by atoms with van der Waals surface area (Å²) in [5, 5.41) is 9.79. The average Bonchev–Trinajstić information content (AvgIpc) is 3.48. The van der Waals surface area contributed by atoms with E-state index in [2.05, 4.69) is 31.3 Å². The number of nitrogens with zero attached hydrogens (tertiary/aromatic N) is 8. The van der Waals surface area contributed by atoms with Gasteiger partial charge in [-0.2, -0.15) is 10.1 Å². The molecule has 37 heavy (non-hydrogen) atoms. The molecule has 1 aliphatic rings. The Morgan fingerprint density at radius 3 is 2.73 bits per heavy atom. The highest BCUT2D eigenvalue weighted by Crippen LogP contribution is 2.40. The number of aryl methyl sites for hydroxylation is 2. The molecule has 0 spiro atoms. The molecule has 0 bridgehead atoms. The molecule has 5 aromatic rings. The molecule has 0 amide bonds. The van der Waals surface area contributed by atoms with Crippen LogP contribution in [0, 0.1) is 6.92 Å². The molecular formula is C26H27N9O2. The van der Waals surface area contributed by atoms with Gasteiger partial charge in [-0.3, -0.25) is 9.48 Å². The van der Waals surface area contributed by atoms with Gasteiger partial charge >= 0.3 is 0 Å². The van der Waals surface area contributed by atoms with E-state index in [-0.39, 0.29) is 29.4 Å². The lowest BCUT2D eigenvalue weighted by molar-refractivity contribution is 0.425. The Balaban J connectivity index is 1.51. The molecule has 2 N–H and O–H groups in total. The van der Waals surface area contributed by atoms with E-state index >= 15 is 0 Å². The normalized spacial score (nSPS) is 14.3. The van der Waals surface area contributed by atoms with Gasteiger partial charge < -0.3 is 19.7 Å². The van der Waals surface area contributed by atoms with E-state index in [1.54, 1.807) is 17.8 Å². The second kappa shape index (κ2) is 8.54. The van der Waals surface area contributed by atoms with E-state index in [0.29, 0.717) is 22.6 Å². The summed E-state index contributed by atoms with van der Waals surface area (Å²) in [7, 11) is 3.79. The summed E-state index contributed by atoms with van der Waals surface area (Å²) in [6.07, 6.45) is 7.07. The van der Waals surface area contributed by atoms with Gasteiger partial charge in [-0.25, -0.2) is 9.97 Å². The van der Waals surface area contributed by atoms with E-state index in [1.807, 2.05) is 54.9 Å². The predicted octanol–water partition coefficient (Wildman–Crippen LogP) is 3.66. The van der Waals surface area contributed by atoms with Gasteiger partial charge in [0.05, 0.1) is 17.6 Å². The molecular weight excluding hydrogens is 470 g/mol. The lowest BCUT2D eigenvalue weighted by Gasteiger charge is -2.30. The zero-order valence-corrected chi connectivity index (χ0v) is 21.1. The maximum atomic E-state index is 14.1. The van der Waals surface area contributed by atoms with Crippen LogP contribution in [-0.2, 0) is 7.05 Å². The lowest BCUT2D eigenvalue weighted by atomic mass is 9.99. The van der Waals surface area contributed by atoms with Crippen LogP contribution in [0.3, 0.4) is 0 Å². The van der Waals surface area contributed by atoms with Gasteiger partial charge in [-0.05, 0) is 43.7 Å². The second-order valence-electron chi connectivity index (χ2n) is 9.54. The lowest BCUT2D eigenvalue weighted by Crippen LogP contribution is -2.31. The summed E-state index contributed by atoms with van der Waals surface area (Å²) < 4.78 is 9.10. The number of fused-ring (bicyclic) bond motifs is 1. The molecule has 4 aromatic heterocycles. The van der Waals surface area contributed by atoms with Crippen molar-refractivity contribution in [2.45, 2.75) is 38.8 Å². The zero-order valence-electron chi connectivity index (χ0n) is 21.1. The number of aromatic nitrogens is 7. The number of anilines is 2. The number of nitrogen functional groups attached to an aromatic ring is 1. The zero-order chi connectivity index (χ0) is 25.8. The summed E-state index contributed by atoms with van der Waals surface area (Å²) in [6, 6.07) is 7.99. The van der Waals surface area contributed by atoms with E-state index < -0.39 is 0 Å². The SMILES string of the molecule is Cc1noc(-c2c(N)ncnc2N(C)[C@@H](C)c2cc3cccc(-c4cnn(C)c4)c3c(=O)n2C2CC2)n1. The van der Waals surface area contributed by atoms with Crippen molar-refractivity contribution in [2.24, 2.45) is 7.05 Å². The minimum absolute atomic E-state index is 0.00431. The van der Waals surface area contributed by atoms with Crippen LogP contribution >= 0.6 is 0 Å².